The van der Waals surface area contributed by atoms with Gasteiger partial charge >= 0.3 is 0 Å². The fourth-order valence-corrected chi connectivity index (χ4v) is 16.2. The molecule has 8 rings (SSSR count). The molecule has 4 aliphatic heterocycles. The van der Waals surface area contributed by atoms with E-state index in [1.54, 1.807) is 0 Å². The maximum Gasteiger partial charge on any atom is 0.187 e. The zero-order chi connectivity index (χ0) is 56.6. The summed E-state index contributed by atoms with van der Waals surface area (Å²) in [5, 5.41) is 162. The van der Waals surface area contributed by atoms with Crippen molar-refractivity contribution >= 4 is 0 Å². The summed E-state index contributed by atoms with van der Waals surface area (Å²) < 4.78 is 49.0. The molecule has 8 aliphatic rings. The minimum Gasteiger partial charge on any atom is -0.394 e. The monoisotopic (exact) mass is 1110 g/mol. The molecule has 0 aromatic heterocycles. The SMILES string of the molecule is C/C(=C/CC[C@](C)(O[C@H]1O[C@H](CO[C@@H]2O[C@@H](C)[C@H](O)[C@@H](O)[C@@H]2O)[C@H](O)[C@H](O)[C@@H]1O)[C@@H]1CC[C@]2(C)[C@H]1[C@@H](O)C[C@H]1[C@@]3(C)CC[C@@H](O[C@H]4O[C@@H](CO)[C@@H](O)[C@H](O)[C@@H]4O[C@@H]4O[C@H](CO)[C@@H](O)[C@H](O)[C@@H]4O)C(C)(C)[C@@H]3CC[C@@]12C)CO. The topological polar surface area (TPSA) is 377 Å². The average molecular weight is 1110 g/mol. The molecule has 446 valence electrons. The Morgan fingerprint density at radius 1 is 0.584 bits per heavy atom. The number of hydrogen-bond donors (Lipinski definition) is 15. The van der Waals surface area contributed by atoms with Crippen LogP contribution in [0, 0.1) is 45.3 Å². The van der Waals surface area contributed by atoms with Gasteiger partial charge in [0.05, 0.1) is 50.3 Å². The number of aliphatic hydroxyl groups is 15. The fourth-order valence-electron chi connectivity index (χ4n) is 16.2. The fraction of sp³-hybridized carbons (Fsp3) is 0.963. The average Bonchev–Trinajstić information content (AvgIpc) is 3.92. The van der Waals surface area contributed by atoms with Crippen LogP contribution in [0.3, 0.4) is 0 Å². The van der Waals surface area contributed by atoms with E-state index < -0.39 is 171 Å². The standard InChI is InChI=1S/C54H92O23/c1-23(19-55)10-9-14-54(8,77-48-44(69)40(65)37(62)29(74-48)22-70-46-42(67)38(63)34(59)24(2)71-46)25-11-16-53(7)33(25)26(58)18-31-51(5)15-13-32(50(3,4)30(51)12-17-52(31,53)6)75-49-45(41(66)36(61)28(21-57)73-49)76-47-43(68)39(64)35(60)27(20-56)72-47/h10,24-49,55-69H,9,11-22H2,1-8H3/b23-10-/t24-,25+,26-,27+,28-,29+,30-,31-,32+,33+,34-,35+,36+,37-,38+,39-,40-,41-,42-,43-,44-,45-,46+,47-,48+,49+,51-,52-,53+,54-/m0/s1. The van der Waals surface area contributed by atoms with Gasteiger partial charge in [-0.1, -0.05) is 46.3 Å². The molecule has 4 saturated carbocycles. The van der Waals surface area contributed by atoms with Crippen molar-refractivity contribution in [2.45, 2.75) is 254 Å². The molecule has 77 heavy (non-hydrogen) atoms. The Kier molecular flexibility index (Phi) is 18.9. The van der Waals surface area contributed by atoms with Crippen molar-refractivity contribution in [1.29, 1.82) is 0 Å². The van der Waals surface area contributed by atoms with Crippen LogP contribution in [-0.4, -0.2) is 244 Å². The maximum atomic E-state index is 12.8. The molecular formula is C54H92O23. The van der Waals surface area contributed by atoms with Gasteiger partial charge in [0.25, 0.3) is 0 Å². The summed E-state index contributed by atoms with van der Waals surface area (Å²) in [7, 11) is 0. The molecule has 0 spiro atoms. The van der Waals surface area contributed by atoms with Crippen LogP contribution in [0.25, 0.3) is 0 Å². The number of fused-ring (bicyclic) bond motifs is 5. The van der Waals surface area contributed by atoms with Crippen molar-refractivity contribution in [3.05, 3.63) is 11.6 Å². The van der Waals surface area contributed by atoms with Crippen molar-refractivity contribution < 1.29 is 114 Å². The molecule has 0 aromatic rings. The molecule has 23 heteroatoms. The number of allylic oxidation sites excluding steroid dienone is 1. The van der Waals surface area contributed by atoms with Crippen LogP contribution in [0.1, 0.15) is 113 Å². The zero-order valence-electron chi connectivity index (χ0n) is 45.8. The molecule has 0 aromatic carbocycles. The van der Waals surface area contributed by atoms with Crippen LogP contribution in [-0.2, 0) is 37.9 Å². The summed E-state index contributed by atoms with van der Waals surface area (Å²) in [6.45, 7) is 14.4. The molecule has 0 unspecified atom stereocenters. The van der Waals surface area contributed by atoms with Crippen LogP contribution < -0.4 is 0 Å². The first-order chi connectivity index (χ1) is 36.0. The Morgan fingerprint density at radius 2 is 1.14 bits per heavy atom. The molecule has 0 radical (unpaired) electrons. The van der Waals surface area contributed by atoms with E-state index in [1.807, 2.05) is 19.9 Å². The van der Waals surface area contributed by atoms with Crippen molar-refractivity contribution in [1.82, 2.24) is 0 Å². The predicted molar refractivity (Wildman–Crippen MR) is 266 cm³/mol. The molecule has 23 nitrogen and oxygen atoms in total. The molecule has 15 N–H and O–H groups in total. The normalized spacial score (nSPS) is 53.0. The maximum absolute atomic E-state index is 12.8. The third-order valence-corrected chi connectivity index (χ3v) is 21.0. The quantitative estimate of drug-likeness (QED) is 0.0576. The van der Waals surface area contributed by atoms with Gasteiger partial charge in [-0.25, -0.2) is 0 Å². The van der Waals surface area contributed by atoms with Gasteiger partial charge in [-0.05, 0) is 124 Å². The van der Waals surface area contributed by atoms with E-state index in [1.165, 1.54) is 6.92 Å². The number of aliphatic hydroxyl groups excluding tert-OH is 15. The smallest absolute Gasteiger partial charge is 0.187 e. The molecule has 0 bridgehead atoms. The van der Waals surface area contributed by atoms with E-state index in [2.05, 4.69) is 34.6 Å². The second-order valence-corrected chi connectivity index (χ2v) is 25.7. The molecule has 4 saturated heterocycles. The van der Waals surface area contributed by atoms with Gasteiger partial charge in [-0.3, -0.25) is 0 Å². The highest BCUT2D eigenvalue weighted by Gasteiger charge is 2.72. The van der Waals surface area contributed by atoms with E-state index in [9.17, 15) is 76.6 Å². The third-order valence-electron chi connectivity index (χ3n) is 21.0. The highest BCUT2D eigenvalue weighted by molar-refractivity contribution is 5.21. The minimum absolute atomic E-state index is 0.0233. The van der Waals surface area contributed by atoms with Crippen molar-refractivity contribution in [3.63, 3.8) is 0 Å². The highest BCUT2D eigenvalue weighted by Crippen LogP contribution is 2.76. The predicted octanol–water partition coefficient (Wildman–Crippen LogP) is -2.20. The van der Waals surface area contributed by atoms with Crippen molar-refractivity contribution in [2.75, 3.05) is 26.4 Å². The number of hydrogen-bond acceptors (Lipinski definition) is 23. The van der Waals surface area contributed by atoms with Crippen molar-refractivity contribution in [3.8, 4) is 0 Å². The highest BCUT2D eigenvalue weighted by atomic mass is 16.8. The summed E-state index contributed by atoms with van der Waals surface area (Å²) >= 11 is 0. The molecule has 4 aliphatic carbocycles. The lowest BCUT2D eigenvalue weighted by Crippen LogP contribution is -2.68. The lowest BCUT2D eigenvalue weighted by Gasteiger charge is -2.71. The Bertz CT molecular complexity index is 2000. The Morgan fingerprint density at radius 3 is 1.78 bits per heavy atom. The van der Waals surface area contributed by atoms with Gasteiger partial charge in [-0.2, -0.15) is 0 Å². The molecule has 8 fully saturated rings. The second-order valence-electron chi connectivity index (χ2n) is 25.7. The van der Waals surface area contributed by atoms with Gasteiger partial charge < -0.3 is 114 Å². The lowest BCUT2D eigenvalue weighted by atomic mass is 9.35. The van der Waals surface area contributed by atoms with Gasteiger partial charge in [-0.15, -0.1) is 0 Å². The summed E-state index contributed by atoms with van der Waals surface area (Å²) in [6, 6.07) is 0. The Labute approximate surface area is 450 Å². The van der Waals surface area contributed by atoms with Gasteiger partial charge in [0.1, 0.15) is 91.6 Å². The molecule has 0 amide bonds. The van der Waals surface area contributed by atoms with Gasteiger partial charge in [0.2, 0.25) is 0 Å². The first-order valence-electron chi connectivity index (χ1n) is 27.9. The number of rotatable bonds is 16. The molecule has 30 atom stereocenters. The van der Waals surface area contributed by atoms with E-state index >= 15 is 0 Å². The number of ether oxygens (including phenoxy) is 8. The second kappa shape index (κ2) is 23.5. The minimum atomic E-state index is -1.82. The summed E-state index contributed by atoms with van der Waals surface area (Å²) in [5.41, 5.74) is -2.05. The van der Waals surface area contributed by atoms with E-state index in [4.69, 9.17) is 37.9 Å². The molecular weight excluding hydrogens is 1020 g/mol. The van der Waals surface area contributed by atoms with Gasteiger partial charge in [0.15, 0.2) is 25.2 Å². The van der Waals surface area contributed by atoms with Crippen LogP contribution >= 0.6 is 0 Å². The summed E-state index contributed by atoms with van der Waals surface area (Å²) in [6.07, 6.45) is -24.7. The summed E-state index contributed by atoms with van der Waals surface area (Å²) in [5.74, 6) is -0.566. The van der Waals surface area contributed by atoms with Gasteiger partial charge in [0, 0.05) is 0 Å². The van der Waals surface area contributed by atoms with E-state index in [0.717, 1.165) is 24.8 Å². The Hall–Kier alpha value is -1.18. The van der Waals surface area contributed by atoms with Crippen LogP contribution in [0.5, 0.6) is 0 Å². The summed E-state index contributed by atoms with van der Waals surface area (Å²) in [4.78, 5) is 0. The third kappa shape index (κ3) is 10.9. The zero-order valence-corrected chi connectivity index (χ0v) is 45.8. The van der Waals surface area contributed by atoms with E-state index in [0.29, 0.717) is 38.5 Å². The first-order valence-corrected chi connectivity index (χ1v) is 27.9. The van der Waals surface area contributed by atoms with E-state index in [-0.39, 0.29) is 41.1 Å². The van der Waals surface area contributed by atoms with Crippen LogP contribution in [0.15, 0.2) is 11.6 Å². The first kappa shape index (κ1) is 61.9. The van der Waals surface area contributed by atoms with Crippen LogP contribution in [0.2, 0.25) is 0 Å². The largest absolute Gasteiger partial charge is 0.394 e. The lowest BCUT2D eigenvalue weighted by molar-refractivity contribution is -0.378. The van der Waals surface area contributed by atoms with Crippen LogP contribution in [0.4, 0.5) is 0 Å². The van der Waals surface area contributed by atoms with Crippen molar-refractivity contribution in [2.24, 2.45) is 45.3 Å². The Balaban J connectivity index is 1.02. The molecule has 4 heterocycles.